The Kier molecular flexibility index (Phi) is 15.8. The van der Waals surface area contributed by atoms with E-state index in [4.69, 9.17) is 14.2 Å². The number of nitrogens with one attached hydrogen (secondary N) is 6. The van der Waals surface area contributed by atoms with E-state index in [0.717, 1.165) is 80.0 Å². The van der Waals surface area contributed by atoms with Crippen molar-refractivity contribution < 1.29 is 38.2 Å². The number of aromatic amines is 1. The number of imide groups is 1. The molecule has 18 heteroatoms. The predicted molar refractivity (Wildman–Crippen MR) is 253 cm³/mol. The van der Waals surface area contributed by atoms with Crippen LogP contribution in [0.2, 0.25) is 0 Å². The number of amides is 5. The van der Waals surface area contributed by atoms with Crippen LogP contribution in [0.25, 0.3) is 11.4 Å². The van der Waals surface area contributed by atoms with E-state index in [1.165, 1.54) is 4.90 Å². The van der Waals surface area contributed by atoms with Gasteiger partial charge >= 0.3 is 0 Å². The maximum atomic E-state index is 13.6. The highest BCUT2D eigenvalue weighted by molar-refractivity contribution is 6.07. The predicted octanol–water partition coefficient (Wildman–Crippen LogP) is 5.42. The number of ether oxygens (including phenoxy) is 3. The lowest BCUT2D eigenvalue weighted by molar-refractivity contribution is -0.137. The van der Waals surface area contributed by atoms with Crippen molar-refractivity contribution in [1.82, 2.24) is 41.0 Å². The number of hydrogen-bond donors (Lipinski definition) is 6. The van der Waals surface area contributed by atoms with Gasteiger partial charge in [-0.1, -0.05) is 30.7 Å². The zero-order valence-electron chi connectivity index (χ0n) is 38.2. The van der Waals surface area contributed by atoms with Gasteiger partial charge < -0.3 is 45.4 Å². The summed E-state index contributed by atoms with van der Waals surface area (Å²) in [4.78, 5) is 72.3. The van der Waals surface area contributed by atoms with Crippen molar-refractivity contribution in [1.29, 1.82) is 0 Å². The fourth-order valence-electron chi connectivity index (χ4n) is 8.77. The van der Waals surface area contributed by atoms with Gasteiger partial charge in [-0.15, -0.1) is 10.2 Å². The molecule has 68 heavy (non-hydrogen) atoms. The summed E-state index contributed by atoms with van der Waals surface area (Å²) < 4.78 is 17.3. The number of nitrogens with zero attached hydrogens (tertiary/aromatic N) is 4. The third-order valence-electron chi connectivity index (χ3n) is 12.5. The van der Waals surface area contributed by atoms with Crippen molar-refractivity contribution >= 4 is 40.9 Å². The SMILES string of the molecule is C[C@@H](NC(=O)c1cccc(NC2(c3nnc(-c4ccncc4)[nH]3)CCNCC2)c1)c1cccc(OCCCCCCOCCOCC(=O)Nc2cccc3c2CN(C2CCC(=O)NC2=O)C3=O)c1. The lowest BCUT2D eigenvalue weighted by atomic mass is 9.87. The van der Waals surface area contributed by atoms with Crippen LogP contribution in [0.4, 0.5) is 11.4 Å². The van der Waals surface area contributed by atoms with Gasteiger partial charge in [0.25, 0.3) is 11.8 Å². The molecule has 2 saturated heterocycles. The average molecular weight is 927 g/mol. The quantitative estimate of drug-likeness (QED) is 0.0377. The van der Waals surface area contributed by atoms with Gasteiger partial charge in [0.15, 0.2) is 11.6 Å². The number of carbonyl (C=O) groups excluding carboxylic acids is 5. The lowest BCUT2D eigenvalue weighted by Crippen LogP contribution is -2.52. The van der Waals surface area contributed by atoms with Gasteiger partial charge in [-0.25, -0.2) is 0 Å². The largest absolute Gasteiger partial charge is 0.494 e. The van der Waals surface area contributed by atoms with Crippen molar-refractivity contribution in [3.8, 4) is 17.1 Å². The molecule has 0 radical (unpaired) electrons. The zero-order valence-corrected chi connectivity index (χ0v) is 38.2. The van der Waals surface area contributed by atoms with Crippen LogP contribution in [0.5, 0.6) is 5.75 Å². The molecule has 3 aromatic carbocycles. The molecular formula is C50H58N10O8. The normalized spacial score (nSPS) is 17.0. The van der Waals surface area contributed by atoms with Gasteiger partial charge in [-0.2, -0.15) is 0 Å². The summed E-state index contributed by atoms with van der Waals surface area (Å²) in [5.74, 6) is 0.499. The highest BCUT2D eigenvalue weighted by atomic mass is 16.5. The minimum atomic E-state index is -0.733. The number of carbonyl (C=O) groups is 5. The molecule has 0 spiro atoms. The molecule has 0 saturated carbocycles. The highest BCUT2D eigenvalue weighted by Gasteiger charge is 2.40. The number of hydrogen-bond acceptors (Lipinski definition) is 13. The van der Waals surface area contributed by atoms with E-state index < -0.39 is 17.5 Å². The second kappa shape index (κ2) is 22.6. The Balaban J connectivity index is 0.695. The Labute approximate surface area is 394 Å². The summed E-state index contributed by atoms with van der Waals surface area (Å²) in [6.45, 7) is 5.31. The Bertz CT molecular complexity index is 2560. The topological polar surface area (TPSA) is 231 Å². The Morgan fingerprint density at radius 3 is 2.47 bits per heavy atom. The lowest BCUT2D eigenvalue weighted by Gasteiger charge is -2.37. The molecule has 2 atom stereocenters. The molecule has 6 N–H and O–H groups in total. The highest BCUT2D eigenvalue weighted by Crippen LogP contribution is 2.35. The third-order valence-corrected chi connectivity index (χ3v) is 12.5. The first kappa shape index (κ1) is 47.5. The smallest absolute Gasteiger partial charge is 0.255 e. The zero-order chi connectivity index (χ0) is 47.3. The second-order valence-electron chi connectivity index (χ2n) is 17.3. The molecular weight excluding hydrogens is 869 g/mol. The summed E-state index contributed by atoms with van der Waals surface area (Å²) in [7, 11) is 0. The van der Waals surface area contributed by atoms with E-state index in [-0.39, 0.29) is 62.3 Å². The van der Waals surface area contributed by atoms with E-state index in [2.05, 4.69) is 46.7 Å². The van der Waals surface area contributed by atoms with Crippen molar-refractivity contribution in [3.63, 3.8) is 0 Å². The van der Waals surface area contributed by atoms with Gasteiger partial charge in [0.05, 0.1) is 31.4 Å². The van der Waals surface area contributed by atoms with Gasteiger partial charge in [0, 0.05) is 65.6 Å². The standard InChI is InChI=1S/C50H58N10O8/c1-33(53-46(63)36-10-6-11-37(29-36)57-50(19-23-52-24-20-50)49-56-45(58-59-49)34-17-21-51-22-18-34)35-9-7-12-38(30-35)68-26-5-3-2-4-25-66-27-28-67-32-44(62)54-41-14-8-13-39-40(41)31-60(48(39)65)42-15-16-43(61)55-47(42)64/h6-14,17-18,21-22,29-30,33,42,52,57H,2-5,15-16,19-20,23-28,31-32H2,1H3,(H,53,63)(H,54,62)(H,55,61,64)(H,56,58,59)/t33-,42?/m1/s1. The fourth-order valence-corrected chi connectivity index (χ4v) is 8.77. The fraction of sp³-hybridized carbons (Fsp3) is 0.400. The summed E-state index contributed by atoms with van der Waals surface area (Å²) in [5.41, 5.74) is 4.26. The molecule has 5 amide bonds. The van der Waals surface area contributed by atoms with Crippen LogP contribution in [0.3, 0.4) is 0 Å². The number of anilines is 2. The Hall–Kier alpha value is -7.02. The molecule has 3 aliphatic heterocycles. The van der Waals surface area contributed by atoms with E-state index in [1.807, 2.05) is 67.6 Å². The molecule has 0 aliphatic carbocycles. The Morgan fingerprint density at radius 2 is 1.65 bits per heavy atom. The molecule has 3 aliphatic rings. The van der Waals surface area contributed by atoms with E-state index >= 15 is 0 Å². The van der Waals surface area contributed by atoms with Crippen LogP contribution in [0.1, 0.15) is 102 Å². The number of pyridine rings is 1. The maximum Gasteiger partial charge on any atom is 0.255 e. The van der Waals surface area contributed by atoms with Crippen LogP contribution in [-0.2, 0) is 35.9 Å². The van der Waals surface area contributed by atoms with E-state index in [1.54, 1.807) is 30.6 Å². The number of fused-ring (bicyclic) bond motifs is 1. The number of unbranched alkanes of at least 4 members (excludes halogenated alkanes) is 3. The van der Waals surface area contributed by atoms with Crippen LogP contribution in [-0.4, -0.2) is 107 Å². The summed E-state index contributed by atoms with van der Waals surface area (Å²) in [5, 5.41) is 24.4. The molecule has 1 unspecified atom stereocenters. The minimum absolute atomic E-state index is 0.161. The van der Waals surface area contributed by atoms with Crippen molar-refractivity contribution in [2.45, 2.75) is 82.5 Å². The molecule has 0 bridgehead atoms. The molecule has 356 valence electrons. The van der Waals surface area contributed by atoms with Crippen LogP contribution >= 0.6 is 0 Å². The number of benzene rings is 3. The maximum absolute atomic E-state index is 13.6. The molecule has 5 heterocycles. The van der Waals surface area contributed by atoms with Crippen LogP contribution in [0.15, 0.2) is 91.3 Å². The van der Waals surface area contributed by atoms with Gasteiger partial charge in [-0.3, -0.25) is 34.3 Å². The number of piperidine rings is 2. The van der Waals surface area contributed by atoms with E-state index in [0.29, 0.717) is 48.0 Å². The summed E-state index contributed by atoms with van der Waals surface area (Å²) in [6.07, 6.45) is 9.17. The van der Waals surface area contributed by atoms with Gasteiger partial charge in [0.1, 0.15) is 18.4 Å². The number of H-pyrrole nitrogens is 1. The molecule has 18 nitrogen and oxygen atoms in total. The monoisotopic (exact) mass is 926 g/mol. The van der Waals surface area contributed by atoms with Gasteiger partial charge in [0.2, 0.25) is 17.7 Å². The minimum Gasteiger partial charge on any atom is -0.494 e. The van der Waals surface area contributed by atoms with Crippen molar-refractivity contribution in [2.75, 3.05) is 56.8 Å². The summed E-state index contributed by atoms with van der Waals surface area (Å²) >= 11 is 0. The Morgan fingerprint density at radius 1 is 0.868 bits per heavy atom. The first-order chi connectivity index (χ1) is 33.2. The van der Waals surface area contributed by atoms with Crippen LogP contribution < -0.4 is 31.3 Å². The van der Waals surface area contributed by atoms with Crippen molar-refractivity contribution in [3.05, 3.63) is 119 Å². The average Bonchev–Trinajstić information content (AvgIpc) is 3.99. The summed E-state index contributed by atoms with van der Waals surface area (Å²) in [6, 6.07) is 23.2. The van der Waals surface area contributed by atoms with Crippen LogP contribution in [0, 0.1) is 0 Å². The molecule has 2 fully saturated rings. The van der Waals surface area contributed by atoms with Gasteiger partial charge in [-0.05, 0) is 119 Å². The number of aromatic nitrogens is 4. The van der Waals surface area contributed by atoms with E-state index in [9.17, 15) is 24.0 Å². The second-order valence-corrected chi connectivity index (χ2v) is 17.3. The molecule has 2 aromatic heterocycles. The van der Waals surface area contributed by atoms with Crippen molar-refractivity contribution in [2.24, 2.45) is 0 Å². The molecule has 5 aromatic rings. The molecule has 8 rings (SSSR count). The number of rotatable bonds is 22. The first-order valence-electron chi connectivity index (χ1n) is 23.3. The third kappa shape index (κ3) is 11.9. The first-order valence-corrected chi connectivity index (χ1v) is 23.3.